The normalized spacial score (nSPS) is 14.3. The highest BCUT2D eigenvalue weighted by Crippen LogP contribution is 2.41. The van der Waals surface area contributed by atoms with E-state index < -0.39 is 0 Å². The molecule has 0 amide bonds. The van der Waals surface area contributed by atoms with Gasteiger partial charge in [0.05, 0.1) is 0 Å². The topological polar surface area (TPSA) is 43.2 Å². The van der Waals surface area contributed by atoms with E-state index in [1.165, 1.54) is 0 Å². The first-order valence-corrected chi connectivity index (χ1v) is 6.04. The van der Waals surface area contributed by atoms with Crippen molar-refractivity contribution in [2.45, 2.75) is 27.7 Å². The molecule has 2 rings (SSSR count). The van der Waals surface area contributed by atoms with Gasteiger partial charge in [-0.25, -0.2) is 9.98 Å². The first-order chi connectivity index (χ1) is 8.58. The summed E-state index contributed by atoms with van der Waals surface area (Å²) in [5, 5.41) is 0. The number of aryl methyl sites for hydroxylation is 1. The van der Waals surface area contributed by atoms with Crippen LogP contribution in [-0.2, 0) is 0 Å². The van der Waals surface area contributed by atoms with Crippen molar-refractivity contribution in [3.05, 3.63) is 17.7 Å². The van der Waals surface area contributed by atoms with Gasteiger partial charge in [-0.05, 0) is 39.3 Å². The number of hydrogen-bond acceptors (Lipinski definition) is 3. The van der Waals surface area contributed by atoms with E-state index in [1.54, 1.807) is 0 Å². The van der Waals surface area contributed by atoms with Gasteiger partial charge in [0, 0.05) is 5.71 Å². The zero-order valence-electron chi connectivity index (χ0n) is 11.3. The van der Waals surface area contributed by atoms with Gasteiger partial charge in [0.1, 0.15) is 24.7 Å². The SMILES string of the molecule is CC(C)=NC(C)=Nc1c(C)ccc2c1OCCO2. The molecule has 96 valence electrons. The number of nitrogens with zero attached hydrogens (tertiary/aromatic N) is 2. The van der Waals surface area contributed by atoms with Crippen LogP contribution in [0.1, 0.15) is 26.3 Å². The Bertz CT molecular complexity index is 515. The third-order valence-electron chi connectivity index (χ3n) is 2.54. The number of fused-ring (bicyclic) bond motifs is 1. The fourth-order valence-electron chi connectivity index (χ4n) is 1.85. The van der Waals surface area contributed by atoms with E-state index >= 15 is 0 Å². The number of ether oxygens (including phenoxy) is 2. The van der Waals surface area contributed by atoms with Crippen LogP contribution in [-0.4, -0.2) is 24.8 Å². The summed E-state index contributed by atoms with van der Waals surface area (Å²) in [7, 11) is 0. The highest BCUT2D eigenvalue weighted by Gasteiger charge is 2.17. The fourth-order valence-corrected chi connectivity index (χ4v) is 1.85. The molecule has 0 saturated heterocycles. The average molecular weight is 246 g/mol. The van der Waals surface area contributed by atoms with Crippen molar-refractivity contribution in [1.29, 1.82) is 0 Å². The maximum atomic E-state index is 5.66. The fraction of sp³-hybridized carbons (Fsp3) is 0.429. The number of rotatable bonds is 1. The lowest BCUT2D eigenvalue weighted by Crippen LogP contribution is -2.15. The Hall–Kier alpha value is -1.84. The summed E-state index contributed by atoms with van der Waals surface area (Å²) >= 11 is 0. The molecule has 1 heterocycles. The smallest absolute Gasteiger partial charge is 0.187 e. The van der Waals surface area contributed by atoms with Crippen molar-refractivity contribution in [2.24, 2.45) is 9.98 Å². The van der Waals surface area contributed by atoms with Crippen LogP contribution in [0, 0.1) is 6.92 Å². The third-order valence-corrected chi connectivity index (χ3v) is 2.54. The highest BCUT2D eigenvalue weighted by molar-refractivity contribution is 5.96. The molecule has 1 aromatic carbocycles. The van der Waals surface area contributed by atoms with Gasteiger partial charge < -0.3 is 9.47 Å². The molecule has 0 fully saturated rings. The molecule has 0 atom stereocenters. The standard InChI is InChI=1S/C14H18N2O2/c1-9(2)15-11(4)16-13-10(3)5-6-12-14(13)18-8-7-17-12/h5-6H,7-8H2,1-4H3. The van der Waals surface area contributed by atoms with E-state index in [4.69, 9.17) is 9.47 Å². The van der Waals surface area contributed by atoms with E-state index in [9.17, 15) is 0 Å². The van der Waals surface area contributed by atoms with E-state index in [0.717, 1.165) is 34.3 Å². The molecular weight excluding hydrogens is 228 g/mol. The molecule has 0 saturated carbocycles. The third kappa shape index (κ3) is 2.70. The zero-order valence-corrected chi connectivity index (χ0v) is 11.3. The molecule has 0 radical (unpaired) electrons. The Morgan fingerprint density at radius 2 is 1.83 bits per heavy atom. The van der Waals surface area contributed by atoms with Crippen LogP contribution in [0.5, 0.6) is 11.5 Å². The van der Waals surface area contributed by atoms with Crippen LogP contribution in [0.15, 0.2) is 22.1 Å². The largest absolute Gasteiger partial charge is 0.486 e. The molecule has 1 aliphatic heterocycles. The molecular formula is C14H18N2O2. The minimum absolute atomic E-state index is 0.564. The Kier molecular flexibility index (Phi) is 3.65. The van der Waals surface area contributed by atoms with Crippen LogP contribution in [0.4, 0.5) is 5.69 Å². The molecule has 1 aliphatic rings. The lowest BCUT2D eigenvalue weighted by Gasteiger charge is -2.20. The summed E-state index contributed by atoms with van der Waals surface area (Å²) in [6.45, 7) is 8.94. The quantitative estimate of drug-likeness (QED) is 0.563. The number of amidine groups is 1. The first kappa shape index (κ1) is 12.6. The lowest BCUT2D eigenvalue weighted by molar-refractivity contribution is 0.172. The van der Waals surface area contributed by atoms with Gasteiger partial charge in [-0.3, -0.25) is 0 Å². The van der Waals surface area contributed by atoms with Crippen LogP contribution in [0.2, 0.25) is 0 Å². The minimum Gasteiger partial charge on any atom is -0.486 e. The van der Waals surface area contributed by atoms with Gasteiger partial charge in [0.25, 0.3) is 0 Å². The predicted octanol–water partition coefficient (Wildman–Crippen LogP) is 3.30. The van der Waals surface area contributed by atoms with Crippen molar-refractivity contribution in [3.63, 3.8) is 0 Å². The Balaban J connectivity index is 2.47. The van der Waals surface area contributed by atoms with Gasteiger partial charge in [-0.15, -0.1) is 0 Å². The molecule has 18 heavy (non-hydrogen) atoms. The van der Waals surface area contributed by atoms with E-state index in [2.05, 4.69) is 9.98 Å². The van der Waals surface area contributed by atoms with Crippen LogP contribution >= 0.6 is 0 Å². The number of aliphatic imine (C=N–C) groups is 2. The van der Waals surface area contributed by atoms with Gasteiger partial charge in [0.15, 0.2) is 11.5 Å². The van der Waals surface area contributed by atoms with Crippen LogP contribution in [0.25, 0.3) is 0 Å². The molecule has 0 bridgehead atoms. The first-order valence-electron chi connectivity index (χ1n) is 6.04. The second-order valence-corrected chi connectivity index (χ2v) is 4.47. The second kappa shape index (κ2) is 5.21. The average Bonchev–Trinajstić information content (AvgIpc) is 2.32. The second-order valence-electron chi connectivity index (χ2n) is 4.47. The molecule has 0 aliphatic carbocycles. The monoisotopic (exact) mass is 246 g/mol. The maximum absolute atomic E-state index is 5.66. The summed E-state index contributed by atoms with van der Waals surface area (Å²) in [5.74, 6) is 2.21. The molecule has 0 aromatic heterocycles. The molecule has 4 nitrogen and oxygen atoms in total. The van der Waals surface area contributed by atoms with Crippen molar-refractivity contribution in [3.8, 4) is 11.5 Å². The van der Waals surface area contributed by atoms with Crippen molar-refractivity contribution in [1.82, 2.24) is 0 Å². The summed E-state index contributed by atoms with van der Waals surface area (Å²) in [6, 6.07) is 3.91. The molecule has 0 spiro atoms. The van der Waals surface area contributed by atoms with Crippen LogP contribution < -0.4 is 9.47 Å². The van der Waals surface area contributed by atoms with Crippen molar-refractivity contribution in [2.75, 3.05) is 13.2 Å². The summed E-state index contributed by atoms with van der Waals surface area (Å²) in [6.07, 6.45) is 0. The van der Waals surface area contributed by atoms with Gasteiger partial charge in [0.2, 0.25) is 0 Å². The van der Waals surface area contributed by atoms with Crippen molar-refractivity contribution >= 4 is 17.2 Å². The molecule has 1 aromatic rings. The van der Waals surface area contributed by atoms with E-state index in [-0.39, 0.29) is 0 Å². The number of hydrogen-bond donors (Lipinski definition) is 0. The summed E-state index contributed by atoms with van der Waals surface area (Å²) in [5.41, 5.74) is 2.85. The van der Waals surface area contributed by atoms with Gasteiger partial charge in [-0.2, -0.15) is 0 Å². The van der Waals surface area contributed by atoms with E-state index in [1.807, 2.05) is 39.8 Å². The maximum Gasteiger partial charge on any atom is 0.187 e. The highest BCUT2D eigenvalue weighted by atomic mass is 16.6. The Morgan fingerprint density at radius 1 is 1.11 bits per heavy atom. The summed E-state index contributed by atoms with van der Waals surface area (Å²) in [4.78, 5) is 8.87. The van der Waals surface area contributed by atoms with Crippen molar-refractivity contribution < 1.29 is 9.47 Å². The molecule has 4 heteroatoms. The molecule has 0 N–H and O–H groups in total. The zero-order chi connectivity index (χ0) is 13.1. The summed E-state index contributed by atoms with van der Waals surface area (Å²) < 4.78 is 11.2. The predicted molar refractivity (Wildman–Crippen MR) is 73.7 cm³/mol. The van der Waals surface area contributed by atoms with Gasteiger partial charge in [-0.1, -0.05) is 6.07 Å². The molecule has 0 unspecified atom stereocenters. The van der Waals surface area contributed by atoms with Gasteiger partial charge >= 0.3 is 0 Å². The number of benzene rings is 1. The minimum atomic E-state index is 0.564. The lowest BCUT2D eigenvalue weighted by atomic mass is 10.1. The Labute approximate surface area is 107 Å². The van der Waals surface area contributed by atoms with E-state index in [0.29, 0.717) is 13.2 Å². The Morgan fingerprint density at radius 3 is 2.56 bits per heavy atom. The van der Waals surface area contributed by atoms with Crippen LogP contribution in [0.3, 0.4) is 0 Å².